The van der Waals surface area contributed by atoms with Crippen LogP contribution < -0.4 is 4.90 Å². The van der Waals surface area contributed by atoms with E-state index in [1.807, 2.05) is 36.4 Å². The van der Waals surface area contributed by atoms with Crippen LogP contribution in [-0.2, 0) is 0 Å². The summed E-state index contributed by atoms with van der Waals surface area (Å²) >= 11 is 0. The van der Waals surface area contributed by atoms with Crippen LogP contribution >= 0.6 is 0 Å². The molecule has 1 N–H and O–H groups in total. The number of para-hydroxylation sites is 2. The van der Waals surface area contributed by atoms with Crippen LogP contribution in [0.1, 0.15) is 33.6 Å². The highest BCUT2D eigenvalue weighted by Crippen LogP contribution is 2.33. The van der Waals surface area contributed by atoms with Crippen LogP contribution in [0.25, 0.3) is 22.4 Å². The van der Waals surface area contributed by atoms with Crippen molar-refractivity contribution in [3.05, 3.63) is 60.6 Å². The largest absolute Gasteiger partial charge is 0.373 e. The van der Waals surface area contributed by atoms with Crippen LogP contribution in [0.2, 0.25) is 0 Å². The molecule has 0 aliphatic carbocycles. The lowest BCUT2D eigenvalue weighted by Gasteiger charge is -2.39. The van der Waals surface area contributed by atoms with Gasteiger partial charge in [-0.15, -0.1) is 0 Å². The van der Waals surface area contributed by atoms with E-state index in [1.165, 1.54) is 5.70 Å². The van der Waals surface area contributed by atoms with E-state index in [1.54, 1.807) is 6.07 Å². The predicted octanol–water partition coefficient (Wildman–Crippen LogP) is 5.58. The molecule has 1 saturated heterocycles. The number of hydrogen-bond acceptors (Lipinski definition) is 3. The molecule has 0 spiro atoms. The predicted molar refractivity (Wildman–Crippen MR) is 119 cm³/mol. The van der Waals surface area contributed by atoms with Crippen molar-refractivity contribution in [1.82, 2.24) is 14.9 Å². The Labute approximate surface area is 172 Å². The second-order valence-electron chi connectivity index (χ2n) is 8.39. The van der Waals surface area contributed by atoms with Crippen molar-refractivity contribution in [3.8, 4) is 11.4 Å². The first-order chi connectivity index (χ1) is 13.9. The molecule has 0 bridgehead atoms. The zero-order valence-corrected chi connectivity index (χ0v) is 17.5. The standard InChI is InChI=1S/C24H29FN4/c1-5-17(2)28-13-12-24(3,4)29(15-14-28)18-10-11-20(25)19(16-18)23-26-21-8-6-7-9-22(21)27-23/h6-11,16H,2,5,12-15H2,1,3-4H3,(H,26,27). The van der Waals surface area contributed by atoms with Crippen molar-refractivity contribution in [2.24, 2.45) is 0 Å². The van der Waals surface area contributed by atoms with Gasteiger partial charge in [-0.1, -0.05) is 25.6 Å². The van der Waals surface area contributed by atoms with E-state index in [9.17, 15) is 4.39 Å². The van der Waals surface area contributed by atoms with Crippen molar-refractivity contribution < 1.29 is 4.39 Å². The van der Waals surface area contributed by atoms with Gasteiger partial charge in [0.2, 0.25) is 0 Å². The fraction of sp³-hybridized carbons (Fsp3) is 0.375. The number of H-pyrrole nitrogens is 1. The van der Waals surface area contributed by atoms with E-state index < -0.39 is 0 Å². The summed E-state index contributed by atoms with van der Waals surface area (Å²) in [5, 5.41) is 0. The molecular formula is C24H29FN4. The molecule has 152 valence electrons. The van der Waals surface area contributed by atoms with Gasteiger partial charge < -0.3 is 14.8 Å². The summed E-state index contributed by atoms with van der Waals surface area (Å²) in [5.74, 6) is 0.306. The van der Waals surface area contributed by atoms with Crippen LogP contribution in [0.3, 0.4) is 0 Å². The molecule has 0 unspecified atom stereocenters. The molecule has 1 fully saturated rings. The highest BCUT2D eigenvalue weighted by molar-refractivity contribution is 5.80. The summed E-state index contributed by atoms with van der Waals surface area (Å²) in [4.78, 5) is 12.6. The second kappa shape index (κ2) is 7.54. The van der Waals surface area contributed by atoms with E-state index in [2.05, 4.69) is 47.1 Å². The first-order valence-corrected chi connectivity index (χ1v) is 10.3. The minimum Gasteiger partial charge on any atom is -0.373 e. The maximum Gasteiger partial charge on any atom is 0.141 e. The maximum absolute atomic E-state index is 14.7. The van der Waals surface area contributed by atoms with Gasteiger partial charge in [0.1, 0.15) is 11.6 Å². The third-order valence-electron chi connectivity index (χ3n) is 6.08. The lowest BCUT2D eigenvalue weighted by molar-refractivity contribution is 0.343. The van der Waals surface area contributed by atoms with Gasteiger partial charge in [-0.3, -0.25) is 0 Å². The van der Waals surface area contributed by atoms with Crippen LogP contribution in [0.5, 0.6) is 0 Å². The Kier molecular flexibility index (Phi) is 5.07. The number of imidazole rings is 1. The van der Waals surface area contributed by atoms with Crippen molar-refractivity contribution in [3.63, 3.8) is 0 Å². The van der Waals surface area contributed by atoms with Gasteiger partial charge in [0.25, 0.3) is 0 Å². The zero-order valence-electron chi connectivity index (χ0n) is 17.5. The number of halogens is 1. The van der Waals surface area contributed by atoms with Gasteiger partial charge in [-0.2, -0.15) is 0 Å². The van der Waals surface area contributed by atoms with Crippen molar-refractivity contribution in [1.29, 1.82) is 0 Å². The Balaban J connectivity index is 1.69. The van der Waals surface area contributed by atoms with Crippen LogP contribution in [0.4, 0.5) is 10.1 Å². The normalized spacial score (nSPS) is 16.8. The molecule has 2 aromatic carbocycles. The fourth-order valence-corrected chi connectivity index (χ4v) is 4.14. The monoisotopic (exact) mass is 392 g/mol. The molecule has 1 aromatic heterocycles. The topological polar surface area (TPSA) is 35.2 Å². The lowest BCUT2D eigenvalue weighted by atomic mass is 9.97. The Hall–Kier alpha value is -2.82. The SMILES string of the molecule is C=C(CC)N1CCN(c2ccc(F)c(-c3nc4ccccc4[nH]3)c2)C(C)(C)CC1. The van der Waals surface area contributed by atoms with Gasteiger partial charge in [0.15, 0.2) is 0 Å². The van der Waals surface area contributed by atoms with Crippen LogP contribution in [-0.4, -0.2) is 40.0 Å². The molecule has 1 aliphatic heterocycles. The summed E-state index contributed by atoms with van der Waals surface area (Å²) in [7, 11) is 0. The molecule has 3 aromatic rings. The highest BCUT2D eigenvalue weighted by Gasteiger charge is 2.31. The quantitative estimate of drug-likeness (QED) is 0.629. The van der Waals surface area contributed by atoms with Gasteiger partial charge in [0.05, 0.1) is 16.6 Å². The summed E-state index contributed by atoms with van der Waals surface area (Å²) in [6.07, 6.45) is 1.98. The average Bonchev–Trinajstić information content (AvgIpc) is 3.07. The zero-order chi connectivity index (χ0) is 20.6. The van der Waals surface area contributed by atoms with Gasteiger partial charge in [0, 0.05) is 36.6 Å². The van der Waals surface area contributed by atoms with E-state index in [0.29, 0.717) is 11.4 Å². The third-order valence-corrected chi connectivity index (χ3v) is 6.08. The first-order valence-electron chi connectivity index (χ1n) is 10.3. The number of nitrogens with zero attached hydrogens (tertiary/aromatic N) is 3. The smallest absolute Gasteiger partial charge is 0.141 e. The minimum atomic E-state index is -0.263. The summed E-state index contributed by atoms with van der Waals surface area (Å²) in [6.45, 7) is 13.7. The summed E-state index contributed by atoms with van der Waals surface area (Å²) in [6, 6.07) is 13.2. The molecule has 4 nitrogen and oxygen atoms in total. The number of anilines is 1. The maximum atomic E-state index is 14.7. The van der Waals surface area contributed by atoms with Gasteiger partial charge >= 0.3 is 0 Å². The molecule has 0 atom stereocenters. The molecule has 29 heavy (non-hydrogen) atoms. The van der Waals surface area contributed by atoms with Crippen LogP contribution in [0, 0.1) is 5.82 Å². The highest BCUT2D eigenvalue weighted by atomic mass is 19.1. The number of rotatable bonds is 4. The fourth-order valence-electron chi connectivity index (χ4n) is 4.14. The summed E-state index contributed by atoms with van der Waals surface area (Å²) < 4.78 is 14.7. The Morgan fingerprint density at radius 1 is 1.17 bits per heavy atom. The van der Waals surface area contributed by atoms with Gasteiger partial charge in [-0.05, 0) is 57.0 Å². The summed E-state index contributed by atoms with van der Waals surface area (Å²) in [5.41, 5.74) is 4.44. The number of fused-ring (bicyclic) bond motifs is 1. The van der Waals surface area contributed by atoms with Crippen molar-refractivity contribution in [2.45, 2.75) is 39.2 Å². The molecule has 1 aliphatic rings. The molecule has 0 radical (unpaired) electrons. The molecule has 2 heterocycles. The molecule has 0 saturated carbocycles. The number of allylic oxidation sites excluding steroid dienone is 1. The Morgan fingerprint density at radius 2 is 1.97 bits per heavy atom. The first kappa shape index (κ1) is 19.5. The number of aromatic nitrogens is 2. The lowest BCUT2D eigenvalue weighted by Crippen LogP contribution is -2.44. The van der Waals surface area contributed by atoms with Crippen molar-refractivity contribution >= 4 is 16.7 Å². The minimum absolute atomic E-state index is 0.0360. The van der Waals surface area contributed by atoms with Gasteiger partial charge in [-0.25, -0.2) is 9.37 Å². The van der Waals surface area contributed by atoms with E-state index >= 15 is 0 Å². The number of aromatic amines is 1. The van der Waals surface area contributed by atoms with Crippen LogP contribution in [0.15, 0.2) is 54.7 Å². The molecule has 4 rings (SSSR count). The molecule has 5 heteroatoms. The molecular weight excluding hydrogens is 363 g/mol. The third kappa shape index (κ3) is 3.74. The average molecular weight is 393 g/mol. The number of hydrogen-bond donors (Lipinski definition) is 1. The molecule has 0 amide bonds. The Morgan fingerprint density at radius 3 is 2.72 bits per heavy atom. The second-order valence-corrected chi connectivity index (χ2v) is 8.39. The van der Waals surface area contributed by atoms with E-state index in [-0.39, 0.29) is 11.4 Å². The van der Waals surface area contributed by atoms with Crippen molar-refractivity contribution in [2.75, 3.05) is 24.5 Å². The Bertz CT molecular complexity index is 1000. The van der Waals surface area contributed by atoms with E-state index in [4.69, 9.17) is 0 Å². The number of benzene rings is 2. The number of nitrogens with one attached hydrogen (secondary N) is 1. The van der Waals surface area contributed by atoms with E-state index in [0.717, 1.165) is 49.2 Å².